The van der Waals surface area contributed by atoms with E-state index < -0.39 is 21.7 Å². The van der Waals surface area contributed by atoms with Crippen LogP contribution in [0.15, 0.2) is 65.6 Å². The van der Waals surface area contributed by atoms with Gasteiger partial charge in [-0.05, 0) is 48.1 Å². The second-order valence-corrected chi connectivity index (χ2v) is 7.67. The van der Waals surface area contributed by atoms with Crippen molar-refractivity contribution in [1.29, 1.82) is 0 Å². The number of non-ortho nitro benzene ring substituents is 2. The first-order valence-electron chi connectivity index (χ1n) is 8.51. The van der Waals surface area contributed by atoms with Gasteiger partial charge in [0.25, 0.3) is 23.2 Å². The van der Waals surface area contributed by atoms with Crippen molar-refractivity contribution >= 4 is 57.6 Å². The zero-order valence-corrected chi connectivity index (χ0v) is 17.1. The lowest BCUT2D eigenvalue weighted by Gasteiger charge is -2.15. The Bertz CT molecular complexity index is 1140. The van der Waals surface area contributed by atoms with Crippen molar-refractivity contribution in [1.82, 2.24) is 10.4 Å². The van der Waals surface area contributed by atoms with Crippen LogP contribution >= 0.6 is 24.0 Å². The Morgan fingerprint density at radius 1 is 1.00 bits per heavy atom. The molecule has 156 valence electrons. The summed E-state index contributed by atoms with van der Waals surface area (Å²) in [6.45, 7) is 0. The molecule has 1 aliphatic heterocycles. The molecule has 2 amide bonds. The van der Waals surface area contributed by atoms with Gasteiger partial charge in [-0.2, -0.15) is 5.01 Å². The summed E-state index contributed by atoms with van der Waals surface area (Å²) in [6.07, 6.45) is 4.76. The predicted octanol–water partition coefficient (Wildman–Crippen LogP) is 3.61. The zero-order valence-electron chi connectivity index (χ0n) is 15.5. The topological polar surface area (TPSA) is 136 Å². The van der Waals surface area contributed by atoms with Crippen molar-refractivity contribution in [2.45, 2.75) is 0 Å². The Kier molecular flexibility index (Phi) is 6.52. The number of nitrogens with one attached hydrogen (secondary N) is 1. The van der Waals surface area contributed by atoms with Gasteiger partial charge in [-0.3, -0.25) is 35.2 Å². The van der Waals surface area contributed by atoms with E-state index in [0.717, 1.165) is 16.8 Å². The molecule has 1 N–H and O–H groups in total. The minimum absolute atomic E-state index is 0.0261. The molecule has 10 nitrogen and oxygen atoms in total. The van der Waals surface area contributed by atoms with Crippen molar-refractivity contribution in [3.05, 3.63) is 96.9 Å². The lowest BCUT2D eigenvalue weighted by molar-refractivity contribution is -0.385. The number of hydrogen-bond donors (Lipinski definition) is 1. The lowest BCUT2D eigenvalue weighted by Crippen LogP contribution is -2.44. The first-order valence-corrected chi connectivity index (χ1v) is 9.73. The summed E-state index contributed by atoms with van der Waals surface area (Å²) < 4.78 is 0.121. The van der Waals surface area contributed by atoms with Gasteiger partial charge in [-0.1, -0.05) is 23.9 Å². The summed E-state index contributed by atoms with van der Waals surface area (Å²) in [5.74, 6) is -1.17. The smallest absolute Gasteiger partial charge is 0.267 e. The Hall–Kier alpha value is -3.90. The molecule has 0 atom stereocenters. The van der Waals surface area contributed by atoms with Crippen LogP contribution in [-0.4, -0.2) is 31.0 Å². The molecule has 3 rings (SSSR count). The van der Waals surface area contributed by atoms with E-state index in [2.05, 4.69) is 5.43 Å². The highest BCUT2D eigenvalue weighted by Gasteiger charge is 2.33. The summed E-state index contributed by atoms with van der Waals surface area (Å²) in [5, 5.41) is 22.3. The number of nitrogens with zero attached hydrogens (tertiary/aromatic N) is 3. The Morgan fingerprint density at radius 2 is 1.55 bits per heavy atom. The largest absolute Gasteiger partial charge is 0.285 e. The van der Waals surface area contributed by atoms with Crippen molar-refractivity contribution in [3.63, 3.8) is 0 Å². The maximum Gasteiger partial charge on any atom is 0.285 e. The van der Waals surface area contributed by atoms with Crippen LogP contribution in [0.3, 0.4) is 0 Å². The van der Waals surface area contributed by atoms with E-state index >= 15 is 0 Å². The average Bonchev–Trinajstić information content (AvgIpc) is 3.01. The third-order valence-electron chi connectivity index (χ3n) is 3.99. The summed E-state index contributed by atoms with van der Waals surface area (Å²) in [6, 6.07) is 10.8. The minimum Gasteiger partial charge on any atom is -0.267 e. The molecule has 1 fully saturated rings. The number of benzene rings is 2. The molecule has 0 spiro atoms. The maximum absolute atomic E-state index is 12.5. The number of amides is 2. The molecule has 0 aromatic heterocycles. The Morgan fingerprint density at radius 3 is 2.10 bits per heavy atom. The number of carbonyl (C=O) groups excluding carboxylic acids is 2. The minimum atomic E-state index is -0.645. The standard InChI is InChI=1S/C19H12N4O6S2/c24-17(13-6-10-15(11-7-13)23(28)29)20-21-18(25)16(31-19(21)30)3-1-2-12-4-8-14(9-5-12)22(26)27/h1-11H,(H,20,24)/b2-1+,16-3-. The molecule has 0 unspecified atom stereocenters. The number of nitro benzene ring substituents is 2. The number of hydrogen-bond acceptors (Lipinski definition) is 8. The zero-order chi connectivity index (χ0) is 22.5. The van der Waals surface area contributed by atoms with Gasteiger partial charge in [0.15, 0.2) is 4.32 Å². The summed E-state index contributed by atoms with van der Waals surface area (Å²) in [4.78, 5) is 45.4. The van der Waals surface area contributed by atoms with E-state index in [1.165, 1.54) is 42.5 Å². The number of allylic oxidation sites excluding steroid dienone is 2. The molecular weight excluding hydrogens is 444 g/mol. The van der Waals surface area contributed by atoms with Crippen LogP contribution in [0.25, 0.3) is 6.08 Å². The normalized spacial score (nSPS) is 15.0. The monoisotopic (exact) mass is 456 g/mol. The third kappa shape index (κ3) is 5.18. The van der Waals surface area contributed by atoms with E-state index in [9.17, 15) is 29.8 Å². The predicted molar refractivity (Wildman–Crippen MR) is 118 cm³/mol. The summed E-state index contributed by atoms with van der Waals surface area (Å²) in [5.41, 5.74) is 3.02. The average molecular weight is 456 g/mol. The number of thioether (sulfide) groups is 1. The second kappa shape index (κ2) is 9.28. The van der Waals surface area contributed by atoms with Gasteiger partial charge in [-0.25, -0.2) is 0 Å². The Labute approximate surface area is 184 Å². The Balaban J connectivity index is 1.66. The van der Waals surface area contributed by atoms with Gasteiger partial charge >= 0.3 is 0 Å². The molecule has 1 saturated heterocycles. The van der Waals surface area contributed by atoms with Gasteiger partial charge in [0.1, 0.15) is 0 Å². The van der Waals surface area contributed by atoms with Crippen LogP contribution in [0, 0.1) is 20.2 Å². The number of hydrazine groups is 1. The fourth-order valence-corrected chi connectivity index (χ4v) is 3.56. The van der Waals surface area contributed by atoms with Crippen LogP contribution in [0.1, 0.15) is 15.9 Å². The molecule has 2 aromatic rings. The SMILES string of the molecule is O=C(NN1C(=O)/C(=C/C=C/c2ccc([N+](=O)[O-])cc2)SC1=S)c1ccc([N+](=O)[O-])cc1. The number of carbonyl (C=O) groups is 2. The maximum atomic E-state index is 12.5. The number of rotatable bonds is 6. The van der Waals surface area contributed by atoms with Gasteiger partial charge in [0.05, 0.1) is 14.8 Å². The first kappa shape index (κ1) is 21.8. The second-order valence-electron chi connectivity index (χ2n) is 5.99. The fraction of sp³-hybridized carbons (Fsp3) is 0. The quantitative estimate of drug-likeness (QED) is 0.301. The molecule has 1 heterocycles. The highest BCUT2D eigenvalue weighted by Crippen LogP contribution is 2.30. The molecular formula is C19H12N4O6S2. The lowest BCUT2D eigenvalue weighted by atomic mass is 10.2. The highest BCUT2D eigenvalue weighted by atomic mass is 32.2. The summed E-state index contributed by atoms with van der Waals surface area (Å²) >= 11 is 6.13. The van der Waals surface area contributed by atoms with Crippen molar-refractivity contribution < 1.29 is 19.4 Å². The van der Waals surface area contributed by atoms with E-state index in [4.69, 9.17) is 12.2 Å². The molecule has 0 aliphatic carbocycles. The van der Waals surface area contributed by atoms with Gasteiger partial charge < -0.3 is 0 Å². The number of nitro groups is 2. The van der Waals surface area contributed by atoms with E-state index in [-0.39, 0.29) is 26.2 Å². The van der Waals surface area contributed by atoms with Crippen molar-refractivity contribution in [2.75, 3.05) is 0 Å². The van der Waals surface area contributed by atoms with E-state index in [1.54, 1.807) is 24.3 Å². The highest BCUT2D eigenvalue weighted by molar-refractivity contribution is 8.26. The fourth-order valence-electron chi connectivity index (χ4n) is 2.43. The van der Waals surface area contributed by atoms with Gasteiger partial charge in [-0.15, -0.1) is 0 Å². The molecule has 0 saturated carbocycles. The van der Waals surface area contributed by atoms with Crippen LogP contribution in [0.5, 0.6) is 0 Å². The van der Waals surface area contributed by atoms with E-state index in [0.29, 0.717) is 5.56 Å². The molecule has 1 aliphatic rings. The van der Waals surface area contributed by atoms with Gasteiger partial charge in [0, 0.05) is 29.8 Å². The van der Waals surface area contributed by atoms with Crippen LogP contribution in [-0.2, 0) is 4.79 Å². The van der Waals surface area contributed by atoms with Crippen LogP contribution < -0.4 is 5.43 Å². The molecule has 0 bridgehead atoms. The van der Waals surface area contributed by atoms with Crippen molar-refractivity contribution in [2.24, 2.45) is 0 Å². The van der Waals surface area contributed by atoms with Gasteiger partial charge in [0.2, 0.25) is 0 Å². The first-order chi connectivity index (χ1) is 14.8. The number of thiocarbonyl (C=S) groups is 1. The molecule has 31 heavy (non-hydrogen) atoms. The molecule has 12 heteroatoms. The molecule has 2 aromatic carbocycles. The third-order valence-corrected chi connectivity index (χ3v) is 5.31. The van der Waals surface area contributed by atoms with Crippen molar-refractivity contribution in [3.8, 4) is 0 Å². The molecule has 0 radical (unpaired) electrons. The van der Waals surface area contributed by atoms with Crippen LogP contribution in [0.4, 0.5) is 11.4 Å². The van der Waals surface area contributed by atoms with Crippen LogP contribution in [0.2, 0.25) is 0 Å². The summed E-state index contributed by atoms with van der Waals surface area (Å²) in [7, 11) is 0. The van der Waals surface area contributed by atoms with E-state index in [1.807, 2.05) is 0 Å².